The molecule has 0 radical (unpaired) electrons. The second-order valence-electron chi connectivity index (χ2n) is 13.3. The summed E-state index contributed by atoms with van der Waals surface area (Å²) in [6, 6.07) is 55.6. The molecule has 3 atom stereocenters. The van der Waals surface area contributed by atoms with Gasteiger partial charge < -0.3 is 4.74 Å². The van der Waals surface area contributed by atoms with E-state index in [4.69, 9.17) is 14.7 Å². The van der Waals surface area contributed by atoms with Gasteiger partial charge in [-0.15, -0.1) is 0 Å². The molecule has 0 N–H and O–H groups in total. The van der Waals surface area contributed by atoms with Crippen LogP contribution in [0, 0.1) is 5.92 Å². The van der Waals surface area contributed by atoms with Gasteiger partial charge in [-0.25, -0.2) is 9.97 Å². The minimum Gasteiger partial charge on any atom is -0.456 e. The maximum atomic E-state index is 6.98. The lowest BCUT2D eigenvalue weighted by atomic mass is 9.61. The minimum atomic E-state index is -0.387. The van der Waals surface area contributed by atoms with Crippen LogP contribution in [0.15, 0.2) is 182 Å². The van der Waals surface area contributed by atoms with E-state index in [1.54, 1.807) is 0 Å². The zero-order valence-electron chi connectivity index (χ0n) is 27.3. The Balaban J connectivity index is 1.16. The molecule has 0 saturated heterocycles. The van der Waals surface area contributed by atoms with Gasteiger partial charge in [0, 0.05) is 45.2 Å². The normalized spacial score (nSPS) is 19.3. The zero-order chi connectivity index (χ0) is 33.1. The summed E-state index contributed by atoms with van der Waals surface area (Å²) in [6.07, 6.45) is 9.20. The Bertz CT molecular complexity index is 2420. The molecule has 0 saturated carbocycles. The predicted molar refractivity (Wildman–Crippen MR) is 201 cm³/mol. The molecule has 7 aromatic rings. The Labute approximate surface area is 291 Å². The molecule has 0 fully saturated rings. The number of nitrogens with zero attached hydrogens (tertiary/aromatic N) is 2. The fraction of sp³-hybridized carbons (Fsp3) is 0.0638. The van der Waals surface area contributed by atoms with E-state index in [9.17, 15) is 0 Å². The van der Waals surface area contributed by atoms with Crippen LogP contribution in [0.25, 0.3) is 45.0 Å². The molecule has 50 heavy (non-hydrogen) atoms. The van der Waals surface area contributed by atoms with Crippen molar-refractivity contribution in [1.82, 2.24) is 9.97 Å². The van der Waals surface area contributed by atoms with Crippen LogP contribution in [0.4, 0.5) is 0 Å². The highest BCUT2D eigenvalue weighted by atomic mass is 16.5. The average Bonchev–Trinajstić information content (AvgIpc) is 3.49. The van der Waals surface area contributed by atoms with Gasteiger partial charge in [-0.1, -0.05) is 164 Å². The van der Waals surface area contributed by atoms with Crippen LogP contribution >= 0.6 is 0 Å². The fourth-order valence-electron chi connectivity index (χ4n) is 8.53. The molecule has 236 valence electrons. The first kappa shape index (κ1) is 28.7. The summed E-state index contributed by atoms with van der Waals surface area (Å²) in [6.45, 7) is 0. The number of ether oxygens (including phenoxy) is 1. The Morgan fingerprint density at radius 1 is 0.480 bits per heavy atom. The molecule has 3 nitrogen and oxygen atoms in total. The van der Waals surface area contributed by atoms with E-state index in [-0.39, 0.29) is 17.3 Å². The van der Waals surface area contributed by atoms with Crippen molar-refractivity contribution < 1.29 is 4.74 Å². The summed E-state index contributed by atoms with van der Waals surface area (Å²) in [5.74, 6) is 3.05. The van der Waals surface area contributed by atoms with Gasteiger partial charge in [-0.2, -0.15) is 0 Å². The van der Waals surface area contributed by atoms with Crippen molar-refractivity contribution in [2.75, 3.05) is 0 Å². The molecule has 1 aromatic heterocycles. The molecule has 0 bridgehead atoms. The third-order valence-electron chi connectivity index (χ3n) is 10.6. The number of fused-ring (bicyclic) bond motifs is 9. The van der Waals surface area contributed by atoms with Crippen molar-refractivity contribution in [1.29, 1.82) is 0 Å². The molecule has 3 unspecified atom stereocenters. The Morgan fingerprint density at radius 2 is 1.10 bits per heavy atom. The molecule has 2 aliphatic carbocycles. The zero-order valence-corrected chi connectivity index (χ0v) is 27.3. The first-order valence-electron chi connectivity index (χ1n) is 17.2. The predicted octanol–water partition coefficient (Wildman–Crippen LogP) is 11.4. The van der Waals surface area contributed by atoms with Crippen molar-refractivity contribution in [3.05, 3.63) is 204 Å². The number of rotatable bonds is 4. The molecule has 10 rings (SSSR count). The van der Waals surface area contributed by atoms with Crippen LogP contribution in [0.5, 0.6) is 11.5 Å². The van der Waals surface area contributed by atoms with Gasteiger partial charge in [0.2, 0.25) is 0 Å². The highest BCUT2D eigenvalue weighted by Crippen LogP contribution is 2.65. The lowest BCUT2D eigenvalue weighted by Crippen LogP contribution is -2.37. The first-order chi connectivity index (χ1) is 24.8. The van der Waals surface area contributed by atoms with Gasteiger partial charge >= 0.3 is 0 Å². The summed E-state index contributed by atoms with van der Waals surface area (Å²) in [5.41, 5.74) is 11.8. The summed E-state index contributed by atoms with van der Waals surface area (Å²) < 4.78 is 6.98. The van der Waals surface area contributed by atoms with Crippen molar-refractivity contribution >= 4 is 0 Å². The largest absolute Gasteiger partial charge is 0.456 e. The third kappa shape index (κ3) is 4.30. The Morgan fingerprint density at radius 3 is 1.94 bits per heavy atom. The van der Waals surface area contributed by atoms with Gasteiger partial charge in [-0.3, -0.25) is 0 Å². The van der Waals surface area contributed by atoms with E-state index in [0.717, 1.165) is 50.7 Å². The molecule has 2 heterocycles. The van der Waals surface area contributed by atoms with E-state index < -0.39 is 0 Å². The maximum absolute atomic E-state index is 6.98. The van der Waals surface area contributed by atoms with E-state index >= 15 is 0 Å². The van der Waals surface area contributed by atoms with Crippen molar-refractivity contribution in [2.24, 2.45) is 5.92 Å². The third-order valence-corrected chi connectivity index (χ3v) is 10.6. The van der Waals surface area contributed by atoms with Gasteiger partial charge in [0.15, 0.2) is 5.82 Å². The Kier molecular flexibility index (Phi) is 6.53. The monoisotopic (exact) mass is 640 g/mol. The molecule has 3 heteroatoms. The summed E-state index contributed by atoms with van der Waals surface area (Å²) in [5, 5.41) is 0. The molecule has 1 spiro atoms. The smallest absolute Gasteiger partial charge is 0.160 e. The lowest BCUT2D eigenvalue weighted by molar-refractivity contribution is 0.375. The quantitative estimate of drug-likeness (QED) is 0.192. The summed E-state index contributed by atoms with van der Waals surface area (Å²) in [7, 11) is 0. The van der Waals surface area contributed by atoms with Gasteiger partial charge in [-0.05, 0) is 34.9 Å². The number of benzene rings is 6. The molecule has 0 amide bonds. The van der Waals surface area contributed by atoms with E-state index in [1.807, 2.05) is 36.4 Å². The number of para-hydroxylation sites is 2. The fourth-order valence-corrected chi connectivity index (χ4v) is 8.53. The topological polar surface area (TPSA) is 35.0 Å². The van der Waals surface area contributed by atoms with Gasteiger partial charge in [0.05, 0.1) is 16.8 Å². The standard InChI is InChI=1S/C47H32N2O/c1-3-15-31(16-4-1)42-30-43(49-46(48-42)32-17-5-2-6-18-32)34-20-13-19-33(29-34)35-23-14-27-41-45(35)50-44-28-12-11-26-40(44)47(41)38-24-9-7-21-36(38)37-22-8-10-25-39(37)47/h1-30,36,38H. The van der Waals surface area contributed by atoms with Crippen LogP contribution < -0.4 is 4.74 Å². The van der Waals surface area contributed by atoms with E-state index in [0.29, 0.717) is 5.82 Å². The maximum Gasteiger partial charge on any atom is 0.160 e. The van der Waals surface area contributed by atoms with Crippen molar-refractivity contribution in [2.45, 2.75) is 11.3 Å². The van der Waals surface area contributed by atoms with Gasteiger partial charge in [0.1, 0.15) is 11.5 Å². The number of hydrogen-bond donors (Lipinski definition) is 0. The molecular weight excluding hydrogens is 609 g/mol. The SMILES string of the molecule is C1=CC2c3ccccc3C3(c4ccccc4Oc4c(-c5cccc(-c6cc(-c7ccccc7)nc(-c7ccccc7)n6)c5)cccc43)C2C=C1. The van der Waals surface area contributed by atoms with Crippen molar-refractivity contribution in [3.63, 3.8) is 0 Å². The van der Waals surface area contributed by atoms with Crippen LogP contribution in [-0.2, 0) is 5.41 Å². The highest BCUT2D eigenvalue weighted by molar-refractivity contribution is 5.82. The van der Waals surface area contributed by atoms with Crippen LogP contribution in [0.3, 0.4) is 0 Å². The summed E-state index contributed by atoms with van der Waals surface area (Å²) in [4.78, 5) is 10.1. The van der Waals surface area contributed by atoms with Crippen LogP contribution in [-0.4, -0.2) is 9.97 Å². The average molecular weight is 641 g/mol. The van der Waals surface area contributed by atoms with Gasteiger partial charge in [0.25, 0.3) is 0 Å². The second kappa shape index (κ2) is 11.4. The van der Waals surface area contributed by atoms with Crippen LogP contribution in [0.1, 0.15) is 28.2 Å². The Hall–Kier alpha value is -6.32. The molecule has 6 aromatic carbocycles. The summed E-state index contributed by atoms with van der Waals surface area (Å²) >= 11 is 0. The molecule has 3 aliphatic rings. The number of allylic oxidation sites excluding steroid dienone is 4. The van der Waals surface area contributed by atoms with Crippen LogP contribution in [0.2, 0.25) is 0 Å². The minimum absolute atomic E-state index is 0.226. The van der Waals surface area contributed by atoms with E-state index in [2.05, 4.69) is 146 Å². The highest BCUT2D eigenvalue weighted by Gasteiger charge is 2.56. The number of hydrogen-bond acceptors (Lipinski definition) is 3. The molecule has 1 aliphatic heterocycles. The lowest BCUT2D eigenvalue weighted by Gasteiger charge is -2.43. The van der Waals surface area contributed by atoms with E-state index in [1.165, 1.54) is 22.3 Å². The first-order valence-corrected chi connectivity index (χ1v) is 17.2. The number of aromatic nitrogens is 2. The molecular formula is C47H32N2O. The second-order valence-corrected chi connectivity index (χ2v) is 13.3. The van der Waals surface area contributed by atoms with Crippen molar-refractivity contribution in [3.8, 4) is 56.5 Å².